The van der Waals surface area contributed by atoms with Crippen LogP contribution >= 0.6 is 24.8 Å². The number of hydrogen-bond acceptors (Lipinski definition) is 0. The monoisotopic (exact) mass is 940 g/mol. The van der Waals surface area contributed by atoms with Crippen molar-refractivity contribution in [3.8, 4) is 22.3 Å². The van der Waals surface area contributed by atoms with Gasteiger partial charge in [0.05, 0.1) is 0 Å². The minimum atomic E-state index is 0. The zero-order valence-electron chi connectivity index (χ0n) is 37.7. The molecule has 0 spiro atoms. The Kier molecular flexibility index (Phi) is 15.1. The third kappa shape index (κ3) is 8.94. The molecule has 8 saturated carbocycles. The van der Waals surface area contributed by atoms with Gasteiger partial charge >= 0.3 is 30.2 Å². The van der Waals surface area contributed by atoms with Gasteiger partial charge in [0.1, 0.15) is 0 Å². The fourth-order valence-electron chi connectivity index (χ4n) is 14.8. The maximum absolute atomic E-state index is 3.06. The molecular formula is C57H68Cl2SiZr-4. The molecule has 0 amide bonds. The molecule has 0 N–H and O–H groups in total. The Labute approximate surface area is 398 Å². The molecule has 0 unspecified atom stereocenters. The van der Waals surface area contributed by atoms with Crippen molar-refractivity contribution in [3.05, 3.63) is 145 Å². The van der Waals surface area contributed by atoms with Crippen molar-refractivity contribution < 1.29 is 23.3 Å². The van der Waals surface area contributed by atoms with E-state index in [-0.39, 0.29) is 39.7 Å². The zero-order valence-corrected chi connectivity index (χ0v) is 42.8. The van der Waals surface area contributed by atoms with Crippen LogP contribution in [0.4, 0.5) is 0 Å². The first-order chi connectivity index (χ1) is 27.7. The summed E-state index contributed by atoms with van der Waals surface area (Å²) < 4.78 is 0. The molecule has 14 rings (SSSR count). The van der Waals surface area contributed by atoms with E-state index in [1.165, 1.54) is 166 Å². The summed E-state index contributed by atoms with van der Waals surface area (Å²) in [4.78, 5) is 0. The topological polar surface area (TPSA) is 0 Å². The molecule has 2 radical (unpaired) electrons. The Bertz CT molecular complexity index is 2360. The SMILES string of the molecule is CCc1cc2c(-c3ccc(C45CC6CC(CC(C6)C4)C5)cc3)cc(C)cc2[cH-]1.Cc1cc(-c2ccc(C34CC5CC(CC(C5)C3)C4)cc2)c2cc(C)[cH-]c2c1.Cl.Cl.[CH3-].[CH3-].[Si]=[Zr]. The Morgan fingerprint density at radius 2 is 0.852 bits per heavy atom. The molecule has 6 aromatic carbocycles. The number of benzene rings is 4. The van der Waals surface area contributed by atoms with Gasteiger partial charge < -0.3 is 14.9 Å². The third-order valence-electron chi connectivity index (χ3n) is 16.2. The first-order valence-electron chi connectivity index (χ1n) is 22.5. The molecule has 8 aliphatic carbocycles. The number of halogens is 2. The average Bonchev–Trinajstić information content (AvgIpc) is 3.79. The maximum atomic E-state index is 3.06. The first-order valence-corrected chi connectivity index (χ1v) is 26.7. The van der Waals surface area contributed by atoms with E-state index in [4.69, 9.17) is 0 Å². The summed E-state index contributed by atoms with van der Waals surface area (Å²) in [5.41, 5.74) is 15.4. The Hall–Kier alpha value is -2.22. The molecule has 8 fully saturated rings. The number of rotatable bonds is 5. The summed E-state index contributed by atoms with van der Waals surface area (Å²) in [6, 6.07) is 38.4. The van der Waals surface area contributed by atoms with Gasteiger partial charge in [-0.25, -0.2) is 0 Å². The van der Waals surface area contributed by atoms with E-state index < -0.39 is 0 Å². The van der Waals surface area contributed by atoms with E-state index in [0.717, 1.165) is 41.9 Å². The van der Waals surface area contributed by atoms with E-state index in [9.17, 15) is 0 Å². The second-order valence-corrected chi connectivity index (χ2v) is 20.4. The van der Waals surface area contributed by atoms with Gasteiger partial charge in [0.25, 0.3) is 0 Å². The van der Waals surface area contributed by atoms with E-state index >= 15 is 0 Å². The average molecular weight is 943 g/mol. The van der Waals surface area contributed by atoms with Crippen LogP contribution in [-0.4, -0.2) is 6.88 Å². The van der Waals surface area contributed by atoms with Gasteiger partial charge in [0.2, 0.25) is 0 Å². The van der Waals surface area contributed by atoms with Crippen molar-refractivity contribution in [3.63, 3.8) is 0 Å². The Balaban J connectivity index is 0.000000185. The summed E-state index contributed by atoms with van der Waals surface area (Å²) in [6.45, 7) is 12.0. The van der Waals surface area contributed by atoms with E-state index in [1.54, 1.807) is 11.1 Å². The summed E-state index contributed by atoms with van der Waals surface area (Å²) in [7, 11) is 0. The van der Waals surface area contributed by atoms with Crippen LogP contribution in [0.15, 0.2) is 97.1 Å². The molecule has 0 saturated heterocycles. The van der Waals surface area contributed by atoms with Crippen molar-refractivity contribution >= 4 is 53.2 Å². The number of hydrogen-bond donors (Lipinski definition) is 0. The quantitative estimate of drug-likeness (QED) is 0.119. The Morgan fingerprint density at radius 1 is 0.508 bits per heavy atom. The molecule has 61 heavy (non-hydrogen) atoms. The van der Waals surface area contributed by atoms with Crippen LogP contribution in [0.25, 0.3) is 43.8 Å². The van der Waals surface area contributed by atoms with Crippen LogP contribution in [0.5, 0.6) is 0 Å². The molecule has 0 aromatic heterocycles. The fourth-order valence-corrected chi connectivity index (χ4v) is 14.8. The standard InChI is InChI=1S/C28H31.C27H29.2CH3.2ClH.Si.Zr/c1-3-19-13-24-8-18(2)9-26(27(24)14-19)23-4-6-25(7-5-23)28-15-20-10-21(16-28)12-22(11-20)17-28;1-17-7-23-8-18(2)10-26(23)25(9-17)22-3-5-24(6-4-22)27-14-19-11-20(15-27)13-21(12-19)16-27;;;;;;/h4-9,13-14,20-22H,3,10-12,15-17H2,1-2H3;3-10,19-21H,11-16H2,1-2H3;2*1H3;2*1H;;/q4*-1;;;;. The van der Waals surface area contributed by atoms with Gasteiger partial charge in [-0.05, 0) is 166 Å². The summed E-state index contributed by atoms with van der Waals surface area (Å²) >= 11 is 1.36. The molecule has 0 atom stereocenters. The Morgan fingerprint density at radius 3 is 1.21 bits per heavy atom. The van der Waals surface area contributed by atoms with Crippen LogP contribution in [0.3, 0.4) is 0 Å². The van der Waals surface area contributed by atoms with Gasteiger partial charge in [-0.15, -0.1) is 81.8 Å². The fraction of sp³-hybridized carbons (Fsp3) is 0.439. The molecule has 0 heterocycles. The van der Waals surface area contributed by atoms with Crippen molar-refractivity contribution in [2.75, 3.05) is 0 Å². The van der Waals surface area contributed by atoms with Crippen LogP contribution in [-0.2, 0) is 40.6 Å². The van der Waals surface area contributed by atoms with Crippen molar-refractivity contribution in [2.45, 2.75) is 122 Å². The molecule has 0 nitrogen and oxygen atoms in total. The predicted octanol–water partition coefficient (Wildman–Crippen LogP) is 16.2. The van der Waals surface area contributed by atoms with Crippen LogP contribution in [0.1, 0.15) is 117 Å². The molecule has 8 aliphatic rings. The van der Waals surface area contributed by atoms with Gasteiger partial charge in [0.15, 0.2) is 0 Å². The van der Waals surface area contributed by atoms with E-state index in [2.05, 4.69) is 132 Å². The summed E-state index contributed by atoms with van der Waals surface area (Å²) in [6.07, 6.45) is 19.0. The molecule has 0 aliphatic heterocycles. The second kappa shape index (κ2) is 19.1. The molecule has 8 bridgehead atoms. The first kappa shape index (κ1) is 48.2. The van der Waals surface area contributed by atoms with Gasteiger partial charge in [-0.2, -0.15) is 12.1 Å². The van der Waals surface area contributed by atoms with Crippen molar-refractivity contribution in [1.29, 1.82) is 0 Å². The van der Waals surface area contributed by atoms with E-state index in [0.29, 0.717) is 10.8 Å². The third-order valence-corrected chi connectivity index (χ3v) is 16.2. The molecule has 6 aromatic rings. The minimum absolute atomic E-state index is 0. The van der Waals surface area contributed by atoms with Gasteiger partial charge in [-0.3, -0.25) is 0 Å². The molecular weight excluding hydrogens is 875 g/mol. The number of aryl methyl sites for hydroxylation is 4. The second-order valence-electron chi connectivity index (χ2n) is 20.4. The van der Waals surface area contributed by atoms with Crippen LogP contribution < -0.4 is 0 Å². The summed E-state index contributed by atoms with van der Waals surface area (Å²) in [5, 5.41) is 5.61. The number of fused-ring (bicyclic) bond motifs is 2. The van der Waals surface area contributed by atoms with Crippen molar-refractivity contribution in [1.82, 2.24) is 0 Å². The van der Waals surface area contributed by atoms with Crippen LogP contribution in [0, 0.1) is 71.1 Å². The van der Waals surface area contributed by atoms with Gasteiger partial charge in [0, 0.05) is 0 Å². The van der Waals surface area contributed by atoms with E-state index in [1.807, 2.05) is 0 Å². The summed E-state index contributed by atoms with van der Waals surface area (Å²) in [5.74, 6) is 6.08. The molecule has 4 heteroatoms. The van der Waals surface area contributed by atoms with Crippen molar-refractivity contribution in [2.24, 2.45) is 35.5 Å². The normalized spacial score (nSPS) is 28.3. The zero-order chi connectivity index (χ0) is 39.1. The van der Waals surface area contributed by atoms with Crippen LogP contribution in [0.2, 0.25) is 0 Å². The molecule has 322 valence electrons. The van der Waals surface area contributed by atoms with Gasteiger partial charge in [-0.1, -0.05) is 96.8 Å². The predicted molar refractivity (Wildman–Crippen MR) is 266 cm³/mol.